The molecule has 1 aromatic rings. The zero-order valence-corrected chi connectivity index (χ0v) is 9.93. The highest BCUT2D eigenvalue weighted by molar-refractivity contribution is 5.26. The van der Waals surface area contributed by atoms with E-state index in [4.69, 9.17) is 0 Å². The van der Waals surface area contributed by atoms with Crippen LogP contribution in [-0.4, -0.2) is 23.8 Å². The summed E-state index contributed by atoms with van der Waals surface area (Å²) in [6.07, 6.45) is -1.90. The maximum atomic E-state index is 12.4. The Bertz CT molecular complexity index is 394. The van der Waals surface area contributed by atoms with Crippen LogP contribution in [0.4, 0.5) is 13.2 Å². The summed E-state index contributed by atoms with van der Waals surface area (Å²) in [6, 6.07) is 5.16. The largest absolute Gasteiger partial charge is 0.416 e. The Morgan fingerprint density at radius 2 is 1.89 bits per heavy atom. The minimum Gasteiger partial charge on any atom is -0.394 e. The van der Waals surface area contributed by atoms with Crippen molar-refractivity contribution in [2.24, 2.45) is 0 Å². The van der Waals surface area contributed by atoms with Crippen LogP contribution in [0.25, 0.3) is 0 Å². The Labute approximate surface area is 104 Å². The molecule has 2 nitrogen and oxygen atoms in total. The van der Waals surface area contributed by atoms with E-state index in [2.05, 4.69) is 5.32 Å². The lowest BCUT2D eigenvalue weighted by Crippen LogP contribution is -2.45. The summed E-state index contributed by atoms with van der Waals surface area (Å²) in [6.45, 7) is 0.856. The van der Waals surface area contributed by atoms with Crippen LogP contribution in [0.5, 0.6) is 0 Å². The summed E-state index contributed by atoms with van der Waals surface area (Å²) in [4.78, 5) is 0. The highest BCUT2D eigenvalue weighted by atomic mass is 19.4. The van der Waals surface area contributed by atoms with E-state index in [9.17, 15) is 18.3 Å². The molecule has 0 aliphatic carbocycles. The predicted octanol–water partition coefficient (Wildman–Crippen LogP) is 2.36. The van der Waals surface area contributed by atoms with Crippen LogP contribution in [0.15, 0.2) is 24.3 Å². The number of nitrogens with one attached hydrogen (secondary N) is 1. The molecule has 1 unspecified atom stereocenters. The van der Waals surface area contributed by atoms with E-state index in [1.807, 2.05) is 0 Å². The van der Waals surface area contributed by atoms with Gasteiger partial charge in [-0.25, -0.2) is 0 Å². The van der Waals surface area contributed by atoms with E-state index < -0.39 is 11.7 Å². The van der Waals surface area contributed by atoms with Crippen molar-refractivity contribution in [3.8, 4) is 0 Å². The first-order chi connectivity index (χ1) is 8.45. The van der Waals surface area contributed by atoms with Crippen LogP contribution in [0.3, 0.4) is 0 Å². The number of hydrogen-bond donors (Lipinski definition) is 2. The fourth-order valence-electron chi connectivity index (χ4n) is 2.41. The first-order valence-corrected chi connectivity index (χ1v) is 5.97. The summed E-state index contributed by atoms with van der Waals surface area (Å²) >= 11 is 0. The summed E-state index contributed by atoms with van der Waals surface area (Å²) in [5.41, 5.74) is -0.185. The number of benzene rings is 1. The molecule has 0 aromatic heterocycles. The molecule has 18 heavy (non-hydrogen) atoms. The van der Waals surface area contributed by atoms with Crippen molar-refractivity contribution in [1.29, 1.82) is 0 Å². The van der Waals surface area contributed by atoms with Gasteiger partial charge < -0.3 is 10.4 Å². The average molecular weight is 259 g/mol. The Morgan fingerprint density at radius 1 is 1.22 bits per heavy atom. The van der Waals surface area contributed by atoms with Gasteiger partial charge in [-0.1, -0.05) is 12.1 Å². The molecule has 0 spiro atoms. The molecule has 0 radical (unpaired) electrons. The topological polar surface area (TPSA) is 32.3 Å². The van der Waals surface area contributed by atoms with Gasteiger partial charge in [0.25, 0.3) is 0 Å². The molecule has 1 aliphatic heterocycles. The zero-order chi connectivity index (χ0) is 13.2. The van der Waals surface area contributed by atoms with Crippen molar-refractivity contribution >= 4 is 0 Å². The minimum absolute atomic E-state index is 0.00796. The normalized spacial score (nSPS) is 24.4. The van der Waals surface area contributed by atoms with Crippen LogP contribution < -0.4 is 5.32 Å². The highest BCUT2D eigenvalue weighted by Crippen LogP contribution is 2.30. The van der Waals surface area contributed by atoms with Crippen molar-refractivity contribution in [2.45, 2.75) is 31.0 Å². The average Bonchev–Trinajstić information content (AvgIpc) is 2.78. The number of aliphatic hydroxyl groups excluding tert-OH is 1. The predicted molar refractivity (Wildman–Crippen MR) is 62.2 cm³/mol. The molecule has 0 saturated carbocycles. The summed E-state index contributed by atoms with van der Waals surface area (Å²) in [7, 11) is 0. The van der Waals surface area contributed by atoms with Gasteiger partial charge in [-0.05, 0) is 43.5 Å². The molecule has 1 fully saturated rings. The van der Waals surface area contributed by atoms with Gasteiger partial charge in [-0.15, -0.1) is 0 Å². The smallest absolute Gasteiger partial charge is 0.394 e. The van der Waals surface area contributed by atoms with Crippen molar-refractivity contribution in [3.63, 3.8) is 0 Å². The Morgan fingerprint density at radius 3 is 2.33 bits per heavy atom. The van der Waals surface area contributed by atoms with Gasteiger partial charge in [-0.3, -0.25) is 0 Å². The summed E-state index contributed by atoms with van der Waals surface area (Å²) < 4.78 is 37.2. The Hall–Kier alpha value is -1.07. The second kappa shape index (κ2) is 4.90. The molecule has 0 bridgehead atoms. The van der Waals surface area contributed by atoms with Crippen molar-refractivity contribution < 1.29 is 18.3 Å². The van der Waals surface area contributed by atoms with Gasteiger partial charge >= 0.3 is 6.18 Å². The Balaban J connectivity index is 2.11. The first-order valence-electron chi connectivity index (χ1n) is 5.97. The van der Waals surface area contributed by atoms with Gasteiger partial charge in [0.1, 0.15) is 0 Å². The minimum atomic E-state index is -4.29. The second-order valence-electron chi connectivity index (χ2n) is 4.84. The standard InChI is InChI=1S/C13H16F3NO/c14-13(15,16)11-4-2-10(3-5-11)8-12(9-18)6-1-7-17-12/h2-5,17-18H,1,6-9H2. The molecule has 1 aliphatic rings. The number of rotatable bonds is 3. The van der Waals surface area contributed by atoms with E-state index in [0.29, 0.717) is 6.42 Å². The van der Waals surface area contributed by atoms with Crippen molar-refractivity contribution in [1.82, 2.24) is 5.32 Å². The molecule has 1 saturated heterocycles. The van der Waals surface area contributed by atoms with Gasteiger partial charge in [0, 0.05) is 5.54 Å². The lowest BCUT2D eigenvalue weighted by atomic mass is 9.90. The van der Waals surface area contributed by atoms with Crippen LogP contribution in [0.1, 0.15) is 24.0 Å². The van der Waals surface area contributed by atoms with Crippen LogP contribution in [-0.2, 0) is 12.6 Å². The molecule has 1 atom stereocenters. The molecular formula is C13H16F3NO. The van der Waals surface area contributed by atoms with Crippen LogP contribution in [0.2, 0.25) is 0 Å². The third kappa shape index (κ3) is 2.84. The molecule has 1 aromatic carbocycles. The third-order valence-electron chi connectivity index (χ3n) is 3.46. The molecule has 2 N–H and O–H groups in total. The third-order valence-corrected chi connectivity index (χ3v) is 3.46. The fourth-order valence-corrected chi connectivity index (χ4v) is 2.41. The monoisotopic (exact) mass is 259 g/mol. The van der Waals surface area contributed by atoms with E-state index in [1.165, 1.54) is 12.1 Å². The molecule has 5 heteroatoms. The molecule has 0 amide bonds. The number of aliphatic hydroxyl groups is 1. The maximum Gasteiger partial charge on any atom is 0.416 e. The summed E-state index contributed by atoms with van der Waals surface area (Å²) in [5, 5.41) is 12.7. The van der Waals surface area contributed by atoms with Gasteiger partial charge in [0.05, 0.1) is 12.2 Å². The lowest BCUT2D eigenvalue weighted by Gasteiger charge is -2.27. The van der Waals surface area contributed by atoms with Gasteiger partial charge in [-0.2, -0.15) is 13.2 Å². The Kier molecular flexibility index (Phi) is 3.64. The van der Waals surface area contributed by atoms with E-state index in [0.717, 1.165) is 37.1 Å². The highest BCUT2D eigenvalue weighted by Gasteiger charge is 2.33. The number of halogens is 3. The van der Waals surface area contributed by atoms with Gasteiger partial charge in [0.15, 0.2) is 0 Å². The van der Waals surface area contributed by atoms with E-state index >= 15 is 0 Å². The van der Waals surface area contributed by atoms with E-state index in [-0.39, 0.29) is 12.1 Å². The second-order valence-corrected chi connectivity index (χ2v) is 4.84. The van der Waals surface area contributed by atoms with Crippen LogP contribution >= 0.6 is 0 Å². The first kappa shape index (κ1) is 13.4. The maximum absolute atomic E-state index is 12.4. The molecule has 100 valence electrons. The SMILES string of the molecule is OCC1(Cc2ccc(C(F)(F)F)cc2)CCCN1. The zero-order valence-electron chi connectivity index (χ0n) is 9.93. The molecule has 1 heterocycles. The number of alkyl halides is 3. The quantitative estimate of drug-likeness (QED) is 0.873. The lowest BCUT2D eigenvalue weighted by molar-refractivity contribution is -0.137. The van der Waals surface area contributed by atoms with Crippen LogP contribution in [0, 0.1) is 0 Å². The van der Waals surface area contributed by atoms with Crippen molar-refractivity contribution in [3.05, 3.63) is 35.4 Å². The fraction of sp³-hybridized carbons (Fsp3) is 0.538. The van der Waals surface area contributed by atoms with Gasteiger partial charge in [0.2, 0.25) is 0 Å². The molecular weight excluding hydrogens is 243 g/mol. The number of hydrogen-bond acceptors (Lipinski definition) is 2. The van der Waals surface area contributed by atoms with Crippen molar-refractivity contribution in [2.75, 3.05) is 13.2 Å². The van der Waals surface area contributed by atoms with E-state index in [1.54, 1.807) is 0 Å². The summed E-state index contributed by atoms with van der Waals surface area (Å²) in [5.74, 6) is 0. The molecule has 2 rings (SSSR count).